The van der Waals surface area contributed by atoms with Gasteiger partial charge in [-0.2, -0.15) is 0 Å². The first-order chi connectivity index (χ1) is 9.25. The molecule has 3 rings (SSSR count). The van der Waals surface area contributed by atoms with E-state index >= 15 is 0 Å². The molecule has 2 aromatic heterocycles. The Morgan fingerprint density at radius 3 is 2.58 bits per heavy atom. The van der Waals surface area contributed by atoms with Gasteiger partial charge >= 0.3 is 0 Å². The first-order valence-electron chi connectivity index (χ1n) is 5.67. The number of benzene rings is 1. The summed E-state index contributed by atoms with van der Waals surface area (Å²) in [6, 6.07) is 9.71. The van der Waals surface area contributed by atoms with Crippen molar-refractivity contribution >= 4 is 5.82 Å². The van der Waals surface area contributed by atoms with Gasteiger partial charge < -0.3 is 10.3 Å². The van der Waals surface area contributed by atoms with Crippen LogP contribution in [0.2, 0.25) is 0 Å². The monoisotopic (exact) mass is 255 g/mol. The molecule has 94 valence electrons. The second kappa shape index (κ2) is 4.53. The van der Waals surface area contributed by atoms with Crippen LogP contribution < -0.4 is 5.73 Å². The molecule has 2 heterocycles. The van der Waals surface area contributed by atoms with Crippen molar-refractivity contribution in [3.63, 3.8) is 0 Å². The normalized spacial score (nSPS) is 10.6. The van der Waals surface area contributed by atoms with Crippen LogP contribution in [0.5, 0.6) is 0 Å². The van der Waals surface area contributed by atoms with Crippen LogP contribution in [0, 0.1) is 5.82 Å². The molecule has 0 saturated heterocycles. The lowest BCUT2D eigenvalue weighted by atomic mass is 10.0. The highest BCUT2D eigenvalue weighted by Gasteiger charge is 2.17. The molecule has 0 bridgehead atoms. The molecule has 1 aromatic carbocycles. The minimum absolute atomic E-state index is 0.234. The lowest BCUT2D eigenvalue weighted by Gasteiger charge is -2.02. The molecule has 3 aromatic rings. The standard InChI is InChI=1S/C14H10FN3O/c15-11-3-1-2-10(8-11)12-13(19-18-14(12)16)9-4-6-17-7-5-9/h1-8H,(H2,16,18). The molecule has 0 unspecified atom stereocenters. The molecule has 4 nitrogen and oxygen atoms in total. The van der Waals surface area contributed by atoms with Gasteiger partial charge in [-0.05, 0) is 29.8 Å². The Labute approximate surface area is 108 Å². The maximum Gasteiger partial charge on any atom is 0.177 e. The highest BCUT2D eigenvalue weighted by Crippen LogP contribution is 2.36. The average Bonchev–Trinajstić information content (AvgIpc) is 2.82. The molecule has 0 saturated carbocycles. The zero-order chi connectivity index (χ0) is 13.2. The smallest absolute Gasteiger partial charge is 0.177 e. The number of aromatic nitrogens is 2. The molecule has 0 spiro atoms. The van der Waals surface area contributed by atoms with Crippen LogP contribution in [0.1, 0.15) is 0 Å². The van der Waals surface area contributed by atoms with E-state index in [0.29, 0.717) is 16.9 Å². The van der Waals surface area contributed by atoms with E-state index in [4.69, 9.17) is 10.3 Å². The molecule has 0 aliphatic heterocycles. The van der Waals surface area contributed by atoms with Crippen LogP contribution in [0.4, 0.5) is 10.2 Å². The molecule has 0 amide bonds. The second-order valence-electron chi connectivity index (χ2n) is 4.02. The van der Waals surface area contributed by atoms with Crippen molar-refractivity contribution < 1.29 is 8.91 Å². The highest BCUT2D eigenvalue weighted by atomic mass is 19.1. The van der Waals surface area contributed by atoms with Crippen molar-refractivity contribution in [1.29, 1.82) is 0 Å². The number of halogens is 1. The lowest BCUT2D eigenvalue weighted by molar-refractivity contribution is 0.436. The van der Waals surface area contributed by atoms with Crippen LogP contribution >= 0.6 is 0 Å². The van der Waals surface area contributed by atoms with Gasteiger partial charge in [0.25, 0.3) is 0 Å². The Bertz CT molecular complexity index is 710. The van der Waals surface area contributed by atoms with Crippen molar-refractivity contribution in [3.05, 3.63) is 54.6 Å². The van der Waals surface area contributed by atoms with E-state index in [2.05, 4.69) is 10.1 Å². The minimum Gasteiger partial charge on any atom is -0.380 e. The molecule has 19 heavy (non-hydrogen) atoms. The lowest BCUT2D eigenvalue weighted by Crippen LogP contribution is -1.89. The summed E-state index contributed by atoms with van der Waals surface area (Å²) >= 11 is 0. The number of nitrogens with zero attached hydrogens (tertiary/aromatic N) is 2. The van der Waals surface area contributed by atoms with E-state index in [1.165, 1.54) is 12.1 Å². The molecular weight excluding hydrogens is 245 g/mol. The first kappa shape index (κ1) is 11.4. The van der Waals surface area contributed by atoms with Gasteiger partial charge in [0.05, 0.1) is 5.56 Å². The van der Waals surface area contributed by atoms with Gasteiger partial charge in [0, 0.05) is 18.0 Å². The molecule has 0 fully saturated rings. The number of anilines is 1. The fourth-order valence-corrected chi connectivity index (χ4v) is 1.93. The number of nitrogens with two attached hydrogens (primary N) is 1. The summed E-state index contributed by atoms with van der Waals surface area (Å²) in [5, 5.41) is 3.76. The number of hydrogen-bond donors (Lipinski definition) is 1. The van der Waals surface area contributed by atoms with Gasteiger partial charge in [-0.25, -0.2) is 4.39 Å². The number of nitrogen functional groups attached to an aromatic ring is 1. The van der Waals surface area contributed by atoms with Gasteiger partial charge in [0.1, 0.15) is 5.82 Å². The minimum atomic E-state index is -0.334. The first-order valence-corrected chi connectivity index (χ1v) is 5.67. The molecule has 0 aliphatic carbocycles. The molecule has 5 heteroatoms. The van der Waals surface area contributed by atoms with Crippen LogP contribution in [-0.2, 0) is 0 Å². The zero-order valence-corrected chi connectivity index (χ0v) is 9.88. The SMILES string of the molecule is Nc1noc(-c2ccncc2)c1-c1cccc(F)c1. The summed E-state index contributed by atoms with van der Waals surface area (Å²) in [5.74, 6) is 0.404. The Kier molecular flexibility index (Phi) is 2.72. The van der Waals surface area contributed by atoms with E-state index in [0.717, 1.165) is 5.56 Å². The molecule has 2 N–H and O–H groups in total. The largest absolute Gasteiger partial charge is 0.380 e. The predicted molar refractivity (Wildman–Crippen MR) is 69.5 cm³/mol. The Hall–Kier alpha value is -2.69. The Morgan fingerprint density at radius 2 is 1.84 bits per heavy atom. The quantitative estimate of drug-likeness (QED) is 0.764. The third-order valence-corrected chi connectivity index (χ3v) is 2.77. The topological polar surface area (TPSA) is 64.9 Å². The van der Waals surface area contributed by atoms with Gasteiger partial charge in [-0.15, -0.1) is 0 Å². The summed E-state index contributed by atoms with van der Waals surface area (Å²) < 4.78 is 18.6. The summed E-state index contributed by atoms with van der Waals surface area (Å²) in [5.41, 5.74) is 7.83. The van der Waals surface area contributed by atoms with Crippen molar-refractivity contribution in [2.24, 2.45) is 0 Å². The summed E-state index contributed by atoms with van der Waals surface area (Å²) in [7, 11) is 0. The fourth-order valence-electron chi connectivity index (χ4n) is 1.93. The number of hydrogen-bond acceptors (Lipinski definition) is 4. The van der Waals surface area contributed by atoms with Crippen LogP contribution in [0.3, 0.4) is 0 Å². The molecular formula is C14H10FN3O. The zero-order valence-electron chi connectivity index (χ0n) is 9.88. The van der Waals surface area contributed by atoms with Crippen molar-refractivity contribution in [2.45, 2.75) is 0 Å². The van der Waals surface area contributed by atoms with Gasteiger partial charge in [0.15, 0.2) is 11.6 Å². The van der Waals surface area contributed by atoms with Crippen LogP contribution in [-0.4, -0.2) is 10.1 Å². The Balaban J connectivity index is 2.20. The van der Waals surface area contributed by atoms with Gasteiger partial charge in [-0.3, -0.25) is 4.98 Å². The average molecular weight is 255 g/mol. The number of pyridine rings is 1. The van der Waals surface area contributed by atoms with Crippen LogP contribution in [0.25, 0.3) is 22.5 Å². The van der Waals surface area contributed by atoms with Gasteiger partial charge in [-0.1, -0.05) is 17.3 Å². The third kappa shape index (κ3) is 2.06. The summed E-state index contributed by atoms with van der Waals surface area (Å²) in [6.45, 7) is 0. The molecule has 0 aliphatic rings. The van der Waals surface area contributed by atoms with Crippen molar-refractivity contribution in [2.75, 3.05) is 5.73 Å². The number of rotatable bonds is 2. The fraction of sp³-hybridized carbons (Fsp3) is 0. The maximum atomic E-state index is 13.3. The van der Waals surface area contributed by atoms with Crippen molar-refractivity contribution in [1.82, 2.24) is 10.1 Å². The summed E-state index contributed by atoms with van der Waals surface area (Å²) in [6.07, 6.45) is 3.28. The maximum absolute atomic E-state index is 13.3. The van der Waals surface area contributed by atoms with E-state index in [1.54, 1.807) is 36.7 Å². The summed E-state index contributed by atoms with van der Waals surface area (Å²) in [4.78, 5) is 3.94. The van der Waals surface area contributed by atoms with Gasteiger partial charge in [0.2, 0.25) is 0 Å². The highest BCUT2D eigenvalue weighted by molar-refractivity contribution is 5.86. The van der Waals surface area contributed by atoms with E-state index in [1.807, 2.05) is 0 Å². The van der Waals surface area contributed by atoms with E-state index in [9.17, 15) is 4.39 Å². The second-order valence-corrected chi connectivity index (χ2v) is 4.02. The third-order valence-electron chi connectivity index (χ3n) is 2.77. The van der Waals surface area contributed by atoms with E-state index < -0.39 is 0 Å². The Morgan fingerprint density at radius 1 is 1.05 bits per heavy atom. The van der Waals surface area contributed by atoms with Crippen molar-refractivity contribution in [3.8, 4) is 22.5 Å². The molecule has 0 atom stereocenters. The van der Waals surface area contributed by atoms with E-state index in [-0.39, 0.29) is 11.6 Å². The van der Waals surface area contributed by atoms with Crippen LogP contribution in [0.15, 0.2) is 53.3 Å². The predicted octanol–water partition coefficient (Wildman–Crippen LogP) is 3.12. The molecule has 0 radical (unpaired) electrons.